The lowest BCUT2D eigenvalue weighted by Gasteiger charge is -2.20. The minimum atomic E-state index is -4.36. The topological polar surface area (TPSA) is 120 Å². The minimum absolute atomic E-state index is 0.0270. The van der Waals surface area contributed by atoms with E-state index in [1.165, 1.54) is 77.0 Å². The molecule has 10 heteroatoms. The lowest BCUT2D eigenvalue weighted by Crippen LogP contribution is -2.29. The zero-order valence-electron chi connectivity index (χ0n) is 34.4. The van der Waals surface area contributed by atoms with Crippen molar-refractivity contribution in [3.8, 4) is 0 Å². The molecule has 0 saturated carbocycles. The first-order valence-corrected chi connectivity index (χ1v) is 22.7. The van der Waals surface area contributed by atoms with E-state index in [2.05, 4.69) is 79.9 Å². The Hall–Kier alpha value is -2.29. The molecule has 0 aromatic rings. The van der Waals surface area contributed by atoms with Crippen LogP contribution in [0.5, 0.6) is 0 Å². The molecule has 0 aromatic heterocycles. The fourth-order valence-corrected chi connectivity index (χ4v) is 6.22. The van der Waals surface area contributed by atoms with Gasteiger partial charge in [-0.1, -0.05) is 164 Å². The van der Waals surface area contributed by atoms with Gasteiger partial charge in [-0.25, -0.2) is 4.57 Å². The average Bonchev–Trinajstić information content (AvgIpc) is 3.15. The van der Waals surface area contributed by atoms with Crippen LogP contribution in [0.1, 0.15) is 168 Å². The van der Waals surface area contributed by atoms with Gasteiger partial charge in [-0.2, -0.15) is 0 Å². The van der Waals surface area contributed by atoms with Gasteiger partial charge in [-0.05, 0) is 58.4 Å². The Morgan fingerprint density at radius 1 is 0.593 bits per heavy atom. The lowest BCUT2D eigenvalue weighted by atomic mass is 10.0. The monoisotopic (exact) mass is 780 g/mol. The van der Waals surface area contributed by atoms with Crippen molar-refractivity contribution in [1.29, 1.82) is 0 Å². The number of nitrogens with one attached hydrogen (secondary N) is 1. The van der Waals surface area contributed by atoms with Crippen LogP contribution in [0.2, 0.25) is 0 Å². The van der Waals surface area contributed by atoms with Crippen LogP contribution in [0.3, 0.4) is 0 Å². The molecule has 2 unspecified atom stereocenters. The third-order valence-corrected chi connectivity index (χ3v) is 9.64. The standard InChI is InChI=1S/C44H78NO8P/c1-4-6-8-10-12-14-16-18-20-21-23-24-26-28-30-32-34-36-43(46)50-40-42(41-52-54(48,49)51-39-38-45-3)53-44(47)37-35-33-31-29-27-25-22-19-17-15-13-11-9-7-5-2/h6,8,12,14,18,20,23-24,28,30,42,45H,4-5,7,9-11,13,15-17,19,21-22,25-27,29,31-41H2,1-3H3,(H,48,49)/b8-6-,14-12-,20-18-,24-23-,30-28-. The predicted molar refractivity (Wildman–Crippen MR) is 224 cm³/mol. The molecule has 54 heavy (non-hydrogen) atoms. The molecule has 0 saturated heterocycles. The maximum Gasteiger partial charge on any atom is 0.472 e. The number of carbonyl (C=O) groups excluding carboxylic acids is 2. The van der Waals surface area contributed by atoms with E-state index in [-0.39, 0.29) is 26.1 Å². The highest BCUT2D eigenvalue weighted by Gasteiger charge is 2.26. The van der Waals surface area contributed by atoms with Crippen LogP contribution in [-0.4, -0.2) is 56.3 Å². The summed E-state index contributed by atoms with van der Waals surface area (Å²) in [6.07, 6.45) is 45.6. The van der Waals surface area contributed by atoms with Gasteiger partial charge in [0.15, 0.2) is 6.10 Å². The summed E-state index contributed by atoms with van der Waals surface area (Å²) >= 11 is 0. The van der Waals surface area contributed by atoms with E-state index in [1.807, 2.05) is 0 Å². The zero-order chi connectivity index (χ0) is 39.6. The highest BCUT2D eigenvalue weighted by atomic mass is 31.2. The molecule has 2 atom stereocenters. The van der Waals surface area contributed by atoms with Crippen molar-refractivity contribution in [2.45, 2.75) is 174 Å². The van der Waals surface area contributed by atoms with Gasteiger partial charge in [0.05, 0.1) is 13.2 Å². The third-order valence-electron chi connectivity index (χ3n) is 8.65. The molecule has 0 aliphatic heterocycles. The summed E-state index contributed by atoms with van der Waals surface area (Å²) in [7, 11) is -2.67. The van der Waals surface area contributed by atoms with E-state index in [0.29, 0.717) is 19.4 Å². The van der Waals surface area contributed by atoms with E-state index in [9.17, 15) is 19.0 Å². The first-order chi connectivity index (χ1) is 26.3. The van der Waals surface area contributed by atoms with Gasteiger partial charge in [-0.15, -0.1) is 0 Å². The Labute approximate surface area is 330 Å². The average molecular weight is 780 g/mol. The van der Waals surface area contributed by atoms with Gasteiger partial charge < -0.3 is 19.7 Å². The van der Waals surface area contributed by atoms with Gasteiger partial charge in [-0.3, -0.25) is 18.6 Å². The van der Waals surface area contributed by atoms with Crippen molar-refractivity contribution in [3.63, 3.8) is 0 Å². The molecule has 312 valence electrons. The molecule has 0 amide bonds. The van der Waals surface area contributed by atoms with E-state index in [0.717, 1.165) is 51.4 Å². The Morgan fingerprint density at radius 2 is 1.06 bits per heavy atom. The number of carbonyl (C=O) groups is 2. The summed E-state index contributed by atoms with van der Waals surface area (Å²) in [6.45, 7) is 4.04. The van der Waals surface area contributed by atoms with Crippen molar-refractivity contribution in [3.05, 3.63) is 60.8 Å². The van der Waals surface area contributed by atoms with Crippen molar-refractivity contribution in [1.82, 2.24) is 5.32 Å². The van der Waals surface area contributed by atoms with Gasteiger partial charge in [0.25, 0.3) is 0 Å². The number of allylic oxidation sites excluding steroid dienone is 10. The third kappa shape index (κ3) is 39.4. The zero-order valence-corrected chi connectivity index (χ0v) is 35.3. The van der Waals surface area contributed by atoms with Crippen LogP contribution in [0.25, 0.3) is 0 Å². The summed E-state index contributed by atoms with van der Waals surface area (Å²) in [6, 6.07) is 0. The SMILES string of the molecule is CC/C=C\C/C=C\C/C=C\C/C=C\C/C=C\CCCC(=O)OCC(COP(=O)(O)OCCNC)OC(=O)CCCCCCCCCCCCCCCCC. The van der Waals surface area contributed by atoms with Gasteiger partial charge in [0.1, 0.15) is 6.61 Å². The molecular formula is C44H78NO8P. The Kier molecular flexibility index (Phi) is 38.7. The van der Waals surface area contributed by atoms with Crippen molar-refractivity contribution >= 4 is 19.8 Å². The van der Waals surface area contributed by atoms with Crippen LogP contribution < -0.4 is 5.32 Å². The maximum atomic E-state index is 12.6. The number of rotatable bonds is 39. The minimum Gasteiger partial charge on any atom is -0.462 e. The number of ether oxygens (including phenoxy) is 2. The quantitative estimate of drug-likeness (QED) is 0.0272. The van der Waals surface area contributed by atoms with Crippen molar-refractivity contribution < 1.29 is 37.6 Å². The van der Waals surface area contributed by atoms with Gasteiger partial charge >= 0.3 is 19.8 Å². The highest BCUT2D eigenvalue weighted by molar-refractivity contribution is 7.47. The maximum absolute atomic E-state index is 12.6. The molecule has 0 aliphatic rings. The number of phosphoric ester groups is 1. The van der Waals surface area contributed by atoms with E-state index in [4.69, 9.17) is 18.5 Å². The number of esters is 2. The predicted octanol–water partition coefficient (Wildman–Crippen LogP) is 12.0. The second kappa shape index (κ2) is 40.4. The molecule has 0 aromatic carbocycles. The number of phosphoric acid groups is 1. The summed E-state index contributed by atoms with van der Waals surface area (Å²) in [5.41, 5.74) is 0. The Bertz CT molecular complexity index is 1070. The van der Waals surface area contributed by atoms with Crippen molar-refractivity contribution in [2.24, 2.45) is 0 Å². The number of likely N-dealkylation sites (N-methyl/N-ethyl adjacent to an activating group) is 1. The molecule has 0 rings (SSSR count). The Morgan fingerprint density at radius 3 is 1.56 bits per heavy atom. The molecule has 9 nitrogen and oxygen atoms in total. The molecule has 0 spiro atoms. The van der Waals surface area contributed by atoms with E-state index < -0.39 is 32.5 Å². The van der Waals surface area contributed by atoms with Gasteiger partial charge in [0, 0.05) is 19.4 Å². The second-order valence-electron chi connectivity index (χ2n) is 13.8. The first kappa shape index (κ1) is 51.7. The first-order valence-electron chi connectivity index (χ1n) is 21.2. The normalized spacial score (nSPS) is 13.9. The molecule has 0 radical (unpaired) electrons. The summed E-state index contributed by atoms with van der Waals surface area (Å²) < 4.78 is 33.1. The molecule has 0 aliphatic carbocycles. The molecule has 0 fully saturated rings. The van der Waals surface area contributed by atoms with Crippen LogP contribution in [0, 0.1) is 0 Å². The number of unbranched alkanes of at least 4 members (excludes halogenated alkanes) is 15. The molecule has 0 bridgehead atoms. The van der Waals surface area contributed by atoms with Crippen LogP contribution >= 0.6 is 7.82 Å². The fraction of sp³-hybridized carbons (Fsp3) is 0.727. The van der Waals surface area contributed by atoms with Crippen LogP contribution in [-0.2, 0) is 32.7 Å². The summed E-state index contributed by atoms with van der Waals surface area (Å²) in [5, 5.41) is 2.82. The summed E-state index contributed by atoms with van der Waals surface area (Å²) in [4.78, 5) is 35.0. The number of hydrogen-bond acceptors (Lipinski definition) is 8. The van der Waals surface area contributed by atoms with Crippen LogP contribution in [0.15, 0.2) is 60.8 Å². The highest BCUT2D eigenvalue weighted by Crippen LogP contribution is 2.43. The Balaban J connectivity index is 4.33. The molecule has 2 N–H and O–H groups in total. The smallest absolute Gasteiger partial charge is 0.462 e. The largest absolute Gasteiger partial charge is 0.472 e. The van der Waals surface area contributed by atoms with Crippen molar-refractivity contribution in [2.75, 3.05) is 33.4 Å². The summed E-state index contributed by atoms with van der Waals surface area (Å²) in [5.74, 6) is -0.875. The van der Waals surface area contributed by atoms with E-state index in [1.54, 1.807) is 7.05 Å². The number of hydrogen-bond donors (Lipinski definition) is 2. The van der Waals surface area contributed by atoms with Crippen LogP contribution in [0.4, 0.5) is 0 Å². The van der Waals surface area contributed by atoms with Gasteiger partial charge in [0.2, 0.25) is 0 Å². The fourth-order valence-electron chi connectivity index (χ4n) is 5.47. The lowest BCUT2D eigenvalue weighted by molar-refractivity contribution is -0.161. The second-order valence-corrected chi connectivity index (χ2v) is 15.2. The molecular weight excluding hydrogens is 701 g/mol. The molecule has 0 heterocycles. The van der Waals surface area contributed by atoms with E-state index >= 15 is 0 Å².